The molecule has 13 heavy (non-hydrogen) atoms. The van der Waals surface area contributed by atoms with Crippen LogP contribution in [0, 0.1) is 13.8 Å². The molecule has 0 spiro atoms. The van der Waals surface area contributed by atoms with E-state index in [0.29, 0.717) is 0 Å². The second-order valence-electron chi connectivity index (χ2n) is 2.94. The summed E-state index contributed by atoms with van der Waals surface area (Å²) < 4.78 is 6.87. The minimum Gasteiger partial charge on any atom is -0.504 e. The smallest absolute Gasteiger partial charge is 0.0831 e. The third kappa shape index (κ3) is 1.91. The quantitative estimate of drug-likeness (QED) is 0.666. The first-order valence-corrected chi connectivity index (χ1v) is 4.44. The van der Waals surface area contributed by atoms with E-state index < -0.39 is 0 Å². The molecule has 0 fully saturated rings. The molecule has 3 heteroatoms. The molecule has 0 unspecified atom stereocenters. The summed E-state index contributed by atoms with van der Waals surface area (Å²) in [5.41, 5.74) is 3.39. The van der Waals surface area contributed by atoms with Crippen LogP contribution >= 0.6 is 0 Å². The molecule has 0 bridgehead atoms. The van der Waals surface area contributed by atoms with Crippen molar-refractivity contribution in [2.75, 3.05) is 7.11 Å². The summed E-state index contributed by atoms with van der Waals surface area (Å²) in [5.74, 6) is 0. The molecule has 0 atom stereocenters. The van der Waals surface area contributed by atoms with Gasteiger partial charge in [0.25, 0.3) is 0 Å². The van der Waals surface area contributed by atoms with Crippen molar-refractivity contribution in [2.24, 2.45) is 0 Å². The van der Waals surface area contributed by atoms with E-state index in [9.17, 15) is 0 Å². The van der Waals surface area contributed by atoms with Crippen LogP contribution in [0.15, 0.2) is 6.26 Å². The van der Waals surface area contributed by atoms with E-state index in [1.807, 2.05) is 17.7 Å². The molecule has 1 heterocycles. The van der Waals surface area contributed by atoms with Crippen LogP contribution in [0.5, 0.6) is 0 Å². The highest BCUT2D eigenvalue weighted by molar-refractivity contribution is 5.53. The molecule has 1 aromatic rings. The Balaban J connectivity index is 3.05. The molecule has 0 aliphatic heterocycles. The van der Waals surface area contributed by atoms with E-state index in [1.165, 1.54) is 5.69 Å². The van der Waals surface area contributed by atoms with Gasteiger partial charge < -0.3 is 4.74 Å². The minimum atomic E-state index is 0.910. The molecule has 0 N–H and O–H groups in total. The lowest BCUT2D eigenvalue weighted by Gasteiger charge is -1.98. The largest absolute Gasteiger partial charge is 0.504 e. The molecule has 1 rings (SSSR count). The van der Waals surface area contributed by atoms with Gasteiger partial charge in [-0.05, 0) is 26.8 Å². The second kappa shape index (κ2) is 4.12. The van der Waals surface area contributed by atoms with Gasteiger partial charge in [-0.25, -0.2) is 0 Å². The molecule has 0 saturated carbocycles. The Morgan fingerprint density at radius 1 is 1.46 bits per heavy atom. The van der Waals surface area contributed by atoms with Gasteiger partial charge in [0.2, 0.25) is 0 Å². The van der Waals surface area contributed by atoms with Gasteiger partial charge in [0, 0.05) is 17.8 Å². The Hall–Kier alpha value is -1.25. The molecular formula is C10H16N2O. The summed E-state index contributed by atoms with van der Waals surface area (Å²) in [7, 11) is 1.64. The molecule has 0 saturated heterocycles. The van der Waals surface area contributed by atoms with Crippen molar-refractivity contribution in [2.45, 2.75) is 27.3 Å². The standard InChI is InChI=1S/C10H16N2O/c1-5-12-9(3)10(6-7-13-4)8(2)11-12/h6-7H,5H2,1-4H3/b7-6+. The molecule has 1 aromatic heterocycles. The van der Waals surface area contributed by atoms with Crippen molar-refractivity contribution >= 4 is 6.08 Å². The average molecular weight is 180 g/mol. The van der Waals surface area contributed by atoms with Crippen LogP contribution in [0.3, 0.4) is 0 Å². The summed E-state index contributed by atoms with van der Waals surface area (Å²) in [6.07, 6.45) is 3.63. The fraction of sp³-hybridized carbons (Fsp3) is 0.500. The normalized spacial score (nSPS) is 11.1. The highest BCUT2D eigenvalue weighted by atomic mass is 16.5. The van der Waals surface area contributed by atoms with E-state index in [4.69, 9.17) is 4.74 Å². The summed E-state index contributed by atoms with van der Waals surface area (Å²) in [4.78, 5) is 0. The van der Waals surface area contributed by atoms with Crippen LogP contribution in [-0.2, 0) is 11.3 Å². The van der Waals surface area contributed by atoms with Crippen molar-refractivity contribution in [3.05, 3.63) is 23.2 Å². The van der Waals surface area contributed by atoms with Crippen molar-refractivity contribution in [3.63, 3.8) is 0 Å². The molecular weight excluding hydrogens is 164 g/mol. The monoisotopic (exact) mass is 180 g/mol. The fourth-order valence-corrected chi connectivity index (χ4v) is 1.40. The Kier molecular flexibility index (Phi) is 3.12. The predicted molar refractivity (Wildman–Crippen MR) is 53.4 cm³/mol. The Bertz CT molecular complexity index is 313. The number of nitrogens with zero attached hydrogens (tertiary/aromatic N) is 2. The number of aromatic nitrogens is 2. The summed E-state index contributed by atoms with van der Waals surface area (Å²) in [6.45, 7) is 7.07. The molecule has 0 aliphatic carbocycles. The Morgan fingerprint density at radius 2 is 2.15 bits per heavy atom. The van der Waals surface area contributed by atoms with Gasteiger partial charge >= 0.3 is 0 Å². The third-order valence-electron chi connectivity index (χ3n) is 2.11. The maximum Gasteiger partial charge on any atom is 0.0831 e. The highest BCUT2D eigenvalue weighted by Gasteiger charge is 2.06. The van der Waals surface area contributed by atoms with Gasteiger partial charge in [-0.15, -0.1) is 0 Å². The first-order chi connectivity index (χ1) is 6.20. The Morgan fingerprint density at radius 3 is 2.62 bits per heavy atom. The van der Waals surface area contributed by atoms with Crippen LogP contribution < -0.4 is 0 Å². The van der Waals surface area contributed by atoms with Crippen LogP contribution in [0.4, 0.5) is 0 Å². The lowest BCUT2D eigenvalue weighted by molar-refractivity contribution is 0.341. The topological polar surface area (TPSA) is 27.1 Å². The van der Waals surface area contributed by atoms with Gasteiger partial charge in [-0.1, -0.05) is 0 Å². The SMILES string of the molecule is CCn1nc(C)c(/C=C/OC)c1C. The fourth-order valence-electron chi connectivity index (χ4n) is 1.40. The molecule has 0 radical (unpaired) electrons. The zero-order valence-electron chi connectivity index (χ0n) is 8.66. The zero-order valence-corrected chi connectivity index (χ0v) is 8.66. The molecule has 3 nitrogen and oxygen atoms in total. The maximum atomic E-state index is 4.88. The zero-order chi connectivity index (χ0) is 9.84. The van der Waals surface area contributed by atoms with Crippen LogP contribution in [0.2, 0.25) is 0 Å². The van der Waals surface area contributed by atoms with Crippen molar-refractivity contribution in [1.29, 1.82) is 0 Å². The number of ether oxygens (including phenoxy) is 1. The van der Waals surface area contributed by atoms with E-state index in [2.05, 4.69) is 18.9 Å². The first-order valence-electron chi connectivity index (χ1n) is 4.44. The van der Waals surface area contributed by atoms with E-state index in [-0.39, 0.29) is 0 Å². The van der Waals surface area contributed by atoms with E-state index in [0.717, 1.165) is 17.8 Å². The Labute approximate surface area is 79.0 Å². The van der Waals surface area contributed by atoms with Gasteiger partial charge in [0.1, 0.15) is 0 Å². The van der Waals surface area contributed by atoms with E-state index >= 15 is 0 Å². The number of hydrogen-bond acceptors (Lipinski definition) is 2. The van der Waals surface area contributed by atoms with E-state index in [1.54, 1.807) is 13.4 Å². The molecule has 0 aromatic carbocycles. The van der Waals surface area contributed by atoms with Gasteiger partial charge in [-0.3, -0.25) is 4.68 Å². The number of rotatable bonds is 3. The van der Waals surface area contributed by atoms with Crippen LogP contribution in [-0.4, -0.2) is 16.9 Å². The maximum absolute atomic E-state index is 4.88. The number of aryl methyl sites for hydroxylation is 2. The molecule has 72 valence electrons. The minimum absolute atomic E-state index is 0.910. The summed E-state index contributed by atoms with van der Waals surface area (Å²) >= 11 is 0. The number of methoxy groups -OCH3 is 1. The average Bonchev–Trinajstić information content (AvgIpc) is 2.39. The van der Waals surface area contributed by atoms with Crippen LogP contribution in [0.1, 0.15) is 23.9 Å². The van der Waals surface area contributed by atoms with Crippen molar-refractivity contribution < 1.29 is 4.74 Å². The summed E-state index contributed by atoms with van der Waals surface area (Å²) in [5, 5.41) is 4.39. The predicted octanol–water partition coefficient (Wildman–Crippen LogP) is 2.14. The van der Waals surface area contributed by atoms with Crippen molar-refractivity contribution in [3.8, 4) is 0 Å². The molecule has 0 aliphatic rings. The first kappa shape index (κ1) is 9.84. The van der Waals surface area contributed by atoms with Crippen LogP contribution in [0.25, 0.3) is 6.08 Å². The van der Waals surface area contributed by atoms with Gasteiger partial charge in [-0.2, -0.15) is 5.10 Å². The second-order valence-corrected chi connectivity index (χ2v) is 2.94. The van der Waals surface area contributed by atoms with Gasteiger partial charge in [0.05, 0.1) is 19.1 Å². The molecule has 0 amide bonds. The van der Waals surface area contributed by atoms with Crippen molar-refractivity contribution in [1.82, 2.24) is 9.78 Å². The van der Waals surface area contributed by atoms with Gasteiger partial charge in [0.15, 0.2) is 0 Å². The third-order valence-corrected chi connectivity index (χ3v) is 2.11. The lowest BCUT2D eigenvalue weighted by Crippen LogP contribution is -1.98. The summed E-state index contributed by atoms with van der Waals surface area (Å²) in [6, 6.07) is 0. The lowest BCUT2D eigenvalue weighted by atomic mass is 10.2. The highest BCUT2D eigenvalue weighted by Crippen LogP contribution is 2.14. The number of hydrogen-bond donors (Lipinski definition) is 0.